The van der Waals surface area contributed by atoms with E-state index in [1.165, 1.54) is 6.07 Å². The summed E-state index contributed by atoms with van der Waals surface area (Å²) < 4.78 is 13.3. The van der Waals surface area contributed by atoms with Crippen molar-refractivity contribution in [2.24, 2.45) is 5.92 Å². The zero-order valence-electron chi connectivity index (χ0n) is 9.76. The van der Waals surface area contributed by atoms with Gasteiger partial charge in [0.25, 0.3) is 0 Å². The van der Waals surface area contributed by atoms with Crippen LogP contribution in [0.3, 0.4) is 0 Å². The molecule has 2 heteroatoms. The van der Waals surface area contributed by atoms with E-state index in [0.717, 1.165) is 12.0 Å². The Morgan fingerprint density at radius 3 is 2.53 bits per heavy atom. The Morgan fingerprint density at radius 1 is 1.27 bits per heavy atom. The lowest BCUT2D eigenvalue weighted by Crippen LogP contribution is -2.31. The third-order valence-corrected chi connectivity index (χ3v) is 3.07. The first-order valence-electron chi connectivity index (χ1n) is 5.62. The molecule has 0 aromatic heterocycles. The molecule has 0 heterocycles. The molecule has 0 aliphatic carbocycles. The number of halogens is 1. The van der Waals surface area contributed by atoms with Crippen LogP contribution in [0.25, 0.3) is 0 Å². The van der Waals surface area contributed by atoms with E-state index in [-0.39, 0.29) is 5.82 Å². The van der Waals surface area contributed by atoms with Crippen molar-refractivity contribution in [3.05, 3.63) is 35.6 Å². The lowest BCUT2D eigenvalue weighted by atomic mass is 10.0. The molecule has 0 amide bonds. The second-order valence-electron chi connectivity index (χ2n) is 4.15. The maximum atomic E-state index is 13.3. The van der Waals surface area contributed by atoms with Gasteiger partial charge < -0.3 is 5.32 Å². The first-order chi connectivity index (χ1) is 7.15. The zero-order valence-corrected chi connectivity index (χ0v) is 9.76. The van der Waals surface area contributed by atoms with Crippen molar-refractivity contribution in [3.63, 3.8) is 0 Å². The molecule has 0 spiro atoms. The van der Waals surface area contributed by atoms with Crippen LogP contribution in [0, 0.1) is 11.7 Å². The highest BCUT2D eigenvalue weighted by atomic mass is 19.1. The van der Waals surface area contributed by atoms with Crippen molar-refractivity contribution in [2.75, 3.05) is 0 Å². The predicted molar refractivity (Wildman–Crippen MR) is 62.2 cm³/mol. The number of benzene rings is 1. The molecule has 0 bridgehead atoms. The van der Waals surface area contributed by atoms with Crippen LogP contribution in [0.1, 0.15) is 32.8 Å². The number of rotatable bonds is 5. The highest BCUT2D eigenvalue weighted by molar-refractivity contribution is 5.16. The summed E-state index contributed by atoms with van der Waals surface area (Å²) in [6.07, 6.45) is 1.14. The molecule has 1 aromatic rings. The fourth-order valence-corrected chi connectivity index (χ4v) is 1.47. The van der Waals surface area contributed by atoms with E-state index in [1.807, 2.05) is 12.1 Å². The minimum Gasteiger partial charge on any atom is -0.310 e. The van der Waals surface area contributed by atoms with Gasteiger partial charge in [0.05, 0.1) is 0 Å². The third kappa shape index (κ3) is 3.63. The summed E-state index contributed by atoms with van der Waals surface area (Å²) in [6.45, 7) is 7.14. The Bertz CT molecular complexity index is 298. The summed E-state index contributed by atoms with van der Waals surface area (Å²) in [5.74, 6) is 0.498. The minimum atomic E-state index is -0.124. The second kappa shape index (κ2) is 5.86. The second-order valence-corrected chi connectivity index (χ2v) is 4.15. The van der Waals surface area contributed by atoms with Crippen LogP contribution in [0.4, 0.5) is 4.39 Å². The van der Waals surface area contributed by atoms with E-state index in [4.69, 9.17) is 0 Å². The van der Waals surface area contributed by atoms with Crippen LogP contribution in [-0.4, -0.2) is 6.04 Å². The van der Waals surface area contributed by atoms with Crippen molar-refractivity contribution < 1.29 is 4.39 Å². The van der Waals surface area contributed by atoms with Gasteiger partial charge in [-0.05, 0) is 18.9 Å². The van der Waals surface area contributed by atoms with E-state index < -0.39 is 0 Å². The number of nitrogens with one attached hydrogen (secondary N) is 1. The average molecular weight is 209 g/mol. The Morgan fingerprint density at radius 2 is 1.93 bits per heavy atom. The molecular formula is C13H20FN. The van der Waals surface area contributed by atoms with Gasteiger partial charge in [-0.15, -0.1) is 0 Å². The fraction of sp³-hybridized carbons (Fsp3) is 0.538. The van der Waals surface area contributed by atoms with Gasteiger partial charge in [0.15, 0.2) is 0 Å². The summed E-state index contributed by atoms with van der Waals surface area (Å²) in [6, 6.07) is 7.34. The van der Waals surface area contributed by atoms with Gasteiger partial charge in [-0.25, -0.2) is 4.39 Å². The molecule has 0 saturated carbocycles. The molecule has 1 rings (SSSR count). The lowest BCUT2D eigenvalue weighted by molar-refractivity contribution is 0.386. The van der Waals surface area contributed by atoms with Crippen LogP contribution < -0.4 is 5.32 Å². The lowest BCUT2D eigenvalue weighted by Gasteiger charge is -2.20. The van der Waals surface area contributed by atoms with Gasteiger partial charge in [-0.2, -0.15) is 0 Å². The molecule has 0 fully saturated rings. The smallest absolute Gasteiger partial charge is 0.127 e. The first kappa shape index (κ1) is 12.2. The quantitative estimate of drug-likeness (QED) is 0.784. The molecule has 0 unspecified atom stereocenters. The largest absolute Gasteiger partial charge is 0.310 e. The van der Waals surface area contributed by atoms with Crippen LogP contribution in [0.5, 0.6) is 0 Å². The van der Waals surface area contributed by atoms with Gasteiger partial charge in [0.2, 0.25) is 0 Å². The molecule has 1 N–H and O–H groups in total. The summed E-state index contributed by atoms with van der Waals surface area (Å²) in [4.78, 5) is 0. The molecule has 2 atom stereocenters. The maximum absolute atomic E-state index is 13.3. The van der Waals surface area contributed by atoms with Gasteiger partial charge in [-0.1, -0.05) is 38.5 Å². The van der Waals surface area contributed by atoms with Crippen molar-refractivity contribution in [1.82, 2.24) is 5.32 Å². The Labute approximate surface area is 91.7 Å². The van der Waals surface area contributed by atoms with Crippen molar-refractivity contribution in [3.8, 4) is 0 Å². The van der Waals surface area contributed by atoms with Gasteiger partial charge in [0, 0.05) is 18.2 Å². The van der Waals surface area contributed by atoms with Gasteiger partial charge in [-0.3, -0.25) is 0 Å². The van der Waals surface area contributed by atoms with Gasteiger partial charge >= 0.3 is 0 Å². The van der Waals surface area contributed by atoms with Crippen LogP contribution in [0.2, 0.25) is 0 Å². The fourth-order valence-electron chi connectivity index (χ4n) is 1.47. The van der Waals surface area contributed by atoms with Crippen LogP contribution in [-0.2, 0) is 6.54 Å². The topological polar surface area (TPSA) is 12.0 Å². The standard InChI is InChI=1S/C13H20FN/c1-4-10(2)11(3)15-9-12-7-5-6-8-13(12)14/h5-8,10-11,15H,4,9H2,1-3H3/t10-,11+/m1/s1. The van der Waals surface area contributed by atoms with Crippen LogP contribution in [0.15, 0.2) is 24.3 Å². The van der Waals surface area contributed by atoms with E-state index >= 15 is 0 Å². The Hall–Kier alpha value is -0.890. The minimum absolute atomic E-state index is 0.124. The van der Waals surface area contributed by atoms with E-state index in [0.29, 0.717) is 18.5 Å². The average Bonchev–Trinajstić information content (AvgIpc) is 2.26. The molecule has 1 nitrogen and oxygen atoms in total. The highest BCUT2D eigenvalue weighted by Gasteiger charge is 2.09. The van der Waals surface area contributed by atoms with Crippen LogP contribution >= 0.6 is 0 Å². The van der Waals surface area contributed by atoms with Crippen molar-refractivity contribution >= 4 is 0 Å². The zero-order chi connectivity index (χ0) is 11.3. The molecule has 15 heavy (non-hydrogen) atoms. The monoisotopic (exact) mass is 209 g/mol. The number of hydrogen-bond acceptors (Lipinski definition) is 1. The van der Waals surface area contributed by atoms with Crippen molar-refractivity contribution in [2.45, 2.75) is 39.8 Å². The highest BCUT2D eigenvalue weighted by Crippen LogP contribution is 2.10. The molecule has 0 radical (unpaired) electrons. The molecule has 84 valence electrons. The SMILES string of the molecule is CC[C@@H](C)[C@H](C)NCc1ccccc1F. The summed E-state index contributed by atoms with van der Waals surface area (Å²) in [7, 11) is 0. The maximum Gasteiger partial charge on any atom is 0.127 e. The van der Waals surface area contributed by atoms with E-state index in [2.05, 4.69) is 26.1 Å². The number of hydrogen-bond donors (Lipinski definition) is 1. The molecule has 0 aliphatic rings. The predicted octanol–water partition coefficient (Wildman–Crippen LogP) is 3.35. The first-order valence-corrected chi connectivity index (χ1v) is 5.62. The van der Waals surface area contributed by atoms with Gasteiger partial charge in [0.1, 0.15) is 5.82 Å². The third-order valence-electron chi connectivity index (χ3n) is 3.07. The summed E-state index contributed by atoms with van der Waals surface area (Å²) in [5.41, 5.74) is 0.743. The molecule has 0 aliphatic heterocycles. The Balaban J connectivity index is 2.47. The molecule has 1 aromatic carbocycles. The van der Waals surface area contributed by atoms with E-state index in [1.54, 1.807) is 6.07 Å². The van der Waals surface area contributed by atoms with E-state index in [9.17, 15) is 4.39 Å². The molecular weight excluding hydrogens is 189 g/mol. The Kier molecular flexibility index (Phi) is 4.76. The molecule has 0 saturated heterocycles. The summed E-state index contributed by atoms with van der Waals surface area (Å²) >= 11 is 0. The summed E-state index contributed by atoms with van der Waals surface area (Å²) in [5, 5.41) is 3.35. The normalized spacial score (nSPS) is 14.9. The van der Waals surface area contributed by atoms with Crippen molar-refractivity contribution in [1.29, 1.82) is 0 Å².